The standard InChI is InChI=1S/C23H26N4O/c1-15-11-16(2)22(17(3)12-15)26-23(28)18-7-6-10-27(14-18)21-13-24-19-8-4-5-9-20(19)25-21/h4-5,8-9,11-13,18H,6-7,10,14H2,1-3H3,(H,26,28)/t18-/m1/s1. The van der Waals surface area contributed by atoms with E-state index >= 15 is 0 Å². The number of aryl methyl sites for hydroxylation is 3. The molecule has 1 aliphatic rings. The maximum Gasteiger partial charge on any atom is 0.229 e. The van der Waals surface area contributed by atoms with E-state index in [9.17, 15) is 4.79 Å². The largest absolute Gasteiger partial charge is 0.355 e. The Morgan fingerprint density at radius 1 is 1.11 bits per heavy atom. The summed E-state index contributed by atoms with van der Waals surface area (Å²) in [6, 6.07) is 12.1. The third-order valence-electron chi connectivity index (χ3n) is 5.48. The Kier molecular flexibility index (Phi) is 4.99. The summed E-state index contributed by atoms with van der Waals surface area (Å²) < 4.78 is 0. The number of hydrogen-bond donors (Lipinski definition) is 1. The molecule has 0 unspecified atom stereocenters. The van der Waals surface area contributed by atoms with Crippen LogP contribution in [0.1, 0.15) is 29.5 Å². The summed E-state index contributed by atoms with van der Waals surface area (Å²) >= 11 is 0. The Bertz CT molecular complexity index is 1010. The van der Waals surface area contributed by atoms with E-state index in [1.165, 1.54) is 5.56 Å². The minimum absolute atomic E-state index is 0.0536. The van der Waals surface area contributed by atoms with Gasteiger partial charge in [0.15, 0.2) is 0 Å². The Balaban J connectivity index is 1.51. The van der Waals surface area contributed by atoms with Crippen LogP contribution in [0.5, 0.6) is 0 Å². The van der Waals surface area contributed by atoms with Gasteiger partial charge in [0.25, 0.3) is 0 Å². The second kappa shape index (κ2) is 7.58. The summed E-state index contributed by atoms with van der Waals surface area (Å²) in [6.45, 7) is 7.75. The number of amides is 1. The number of nitrogens with one attached hydrogen (secondary N) is 1. The highest BCUT2D eigenvalue weighted by Crippen LogP contribution is 2.26. The van der Waals surface area contributed by atoms with Crippen molar-refractivity contribution in [2.45, 2.75) is 33.6 Å². The monoisotopic (exact) mass is 374 g/mol. The van der Waals surface area contributed by atoms with E-state index in [2.05, 4.69) is 34.3 Å². The fourth-order valence-electron chi connectivity index (χ4n) is 4.10. The fraction of sp³-hybridized carbons (Fsp3) is 0.348. The van der Waals surface area contributed by atoms with Gasteiger partial charge in [0, 0.05) is 18.8 Å². The van der Waals surface area contributed by atoms with Crippen LogP contribution >= 0.6 is 0 Å². The molecule has 0 radical (unpaired) electrons. The molecule has 0 aliphatic carbocycles. The topological polar surface area (TPSA) is 58.1 Å². The summed E-state index contributed by atoms with van der Waals surface area (Å²) in [5.74, 6) is 0.884. The van der Waals surface area contributed by atoms with Gasteiger partial charge in [-0.05, 0) is 56.9 Å². The normalized spacial score (nSPS) is 17.0. The zero-order valence-electron chi connectivity index (χ0n) is 16.7. The van der Waals surface area contributed by atoms with Crippen molar-refractivity contribution in [2.24, 2.45) is 5.92 Å². The van der Waals surface area contributed by atoms with Crippen molar-refractivity contribution in [3.8, 4) is 0 Å². The van der Waals surface area contributed by atoms with Crippen molar-refractivity contribution in [1.29, 1.82) is 0 Å². The van der Waals surface area contributed by atoms with Gasteiger partial charge in [-0.3, -0.25) is 9.78 Å². The molecular formula is C23H26N4O. The van der Waals surface area contributed by atoms with Crippen molar-refractivity contribution >= 4 is 28.4 Å². The van der Waals surface area contributed by atoms with E-state index in [-0.39, 0.29) is 11.8 Å². The average Bonchev–Trinajstić information content (AvgIpc) is 2.70. The maximum absolute atomic E-state index is 13.0. The lowest BCUT2D eigenvalue weighted by Crippen LogP contribution is -2.41. The van der Waals surface area contributed by atoms with Crippen LogP contribution in [0.3, 0.4) is 0 Å². The Morgan fingerprint density at radius 2 is 1.82 bits per heavy atom. The highest BCUT2D eigenvalue weighted by molar-refractivity contribution is 5.94. The first kappa shape index (κ1) is 18.4. The Labute approximate surface area is 165 Å². The molecule has 0 saturated carbocycles. The van der Waals surface area contributed by atoms with Crippen LogP contribution in [-0.2, 0) is 4.79 Å². The van der Waals surface area contributed by atoms with Gasteiger partial charge in [-0.25, -0.2) is 4.98 Å². The predicted octanol–water partition coefficient (Wildman–Crippen LogP) is 4.41. The smallest absolute Gasteiger partial charge is 0.229 e. The van der Waals surface area contributed by atoms with E-state index in [1.54, 1.807) is 0 Å². The third-order valence-corrected chi connectivity index (χ3v) is 5.48. The zero-order valence-corrected chi connectivity index (χ0v) is 16.7. The van der Waals surface area contributed by atoms with Crippen molar-refractivity contribution in [3.63, 3.8) is 0 Å². The van der Waals surface area contributed by atoms with E-state index < -0.39 is 0 Å². The van der Waals surface area contributed by atoms with E-state index in [0.29, 0.717) is 6.54 Å². The Morgan fingerprint density at radius 3 is 2.57 bits per heavy atom. The minimum atomic E-state index is -0.0536. The van der Waals surface area contributed by atoms with Crippen LogP contribution in [0, 0.1) is 26.7 Å². The van der Waals surface area contributed by atoms with Gasteiger partial charge >= 0.3 is 0 Å². The molecule has 144 valence electrons. The van der Waals surface area contributed by atoms with E-state index in [4.69, 9.17) is 4.98 Å². The molecule has 0 spiro atoms. The number of aromatic nitrogens is 2. The summed E-state index contributed by atoms with van der Waals surface area (Å²) in [7, 11) is 0. The number of benzene rings is 2. The molecule has 3 aromatic rings. The first-order valence-electron chi connectivity index (χ1n) is 9.87. The first-order chi connectivity index (χ1) is 13.5. The lowest BCUT2D eigenvalue weighted by atomic mass is 9.96. The molecule has 1 atom stereocenters. The van der Waals surface area contributed by atoms with Crippen molar-refractivity contribution in [1.82, 2.24) is 9.97 Å². The van der Waals surface area contributed by atoms with Gasteiger partial charge in [-0.2, -0.15) is 0 Å². The van der Waals surface area contributed by atoms with Gasteiger partial charge in [0.1, 0.15) is 5.82 Å². The number of anilines is 2. The second-order valence-electron chi connectivity index (χ2n) is 7.77. The summed E-state index contributed by atoms with van der Waals surface area (Å²) in [4.78, 5) is 24.4. The molecule has 1 saturated heterocycles. The number of rotatable bonds is 3. The van der Waals surface area contributed by atoms with Crippen molar-refractivity contribution in [3.05, 3.63) is 59.3 Å². The first-order valence-corrected chi connectivity index (χ1v) is 9.87. The molecule has 4 rings (SSSR count). The molecule has 5 heteroatoms. The van der Waals surface area contributed by atoms with E-state index in [1.807, 2.05) is 44.3 Å². The van der Waals surface area contributed by atoms with Crippen LogP contribution in [0.15, 0.2) is 42.6 Å². The molecule has 2 heterocycles. The summed E-state index contributed by atoms with van der Waals surface area (Å²) in [6.07, 6.45) is 3.68. The molecule has 1 aromatic heterocycles. The molecule has 1 N–H and O–H groups in total. The molecule has 1 amide bonds. The molecule has 0 bridgehead atoms. The number of carbonyl (C=O) groups is 1. The fourth-order valence-corrected chi connectivity index (χ4v) is 4.10. The summed E-state index contributed by atoms with van der Waals surface area (Å²) in [5, 5.41) is 3.18. The van der Waals surface area contributed by atoms with Gasteiger partial charge in [0.2, 0.25) is 5.91 Å². The Hall–Kier alpha value is -2.95. The molecule has 2 aromatic carbocycles. The van der Waals surface area contributed by atoms with Crippen LogP contribution < -0.4 is 10.2 Å². The second-order valence-corrected chi connectivity index (χ2v) is 7.77. The molecule has 5 nitrogen and oxygen atoms in total. The van der Waals surface area contributed by atoms with Crippen molar-refractivity contribution in [2.75, 3.05) is 23.3 Å². The lowest BCUT2D eigenvalue weighted by molar-refractivity contribution is -0.120. The van der Waals surface area contributed by atoms with Crippen LogP contribution in [0.4, 0.5) is 11.5 Å². The molecule has 28 heavy (non-hydrogen) atoms. The lowest BCUT2D eigenvalue weighted by Gasteiger charge is -2.33. The molecule has 1 fully saturated rings. The summed E-state index contributed by atoms with van der Waals surface area (Å²) in [5.41, 5.74) is 6.16. The van der Waals surface area contributed by atoms with Crippen molar-refractivity contribution < 1.29 is 4.79 Å². The predicted molar refractivity (Wildman–Crippen MR) is 114 cm³/mol. The van der Waals surface area contributed by atoms with Gasteiger partial charge in [-0.1, -0.05) is 29.8 Å². The van der Waals surface area contributed by atoms with E-state index in [0.717, 1.165) is 53.1 Å². The average molecular weight is 374 g/mol. The SMILES string of the molecule is Cc1cc(C)c(NC(=O)[C@@H]2CCCN(c3cnc4ccccc4n3)C2)c(C)c1. The number of carbonyl (C=O) groups excluding carboxylic acids is 1. The maximum atomic E-state index is 13.0. The van der Waals surface area contributed by atoms with Crippen LogP contribution in [-0.4, -0.2) is 29.0 Å². The number of piperidine rings is 1. The quantitative estimate of drug-likeness (QED) is 0.738. The van der Waals surface area contributed by atoms with Crippen LogP contribution in [0.25, 0.3) is 11.0 Å². The number of para-hydroxylation sites is 2. The highest BCUT2D eigenvalue weighted by Gasteiger charge is 2.27. The van der Waals surface area contributed by atoms with Gasteiger partial charge in [0.05, 0.1) is 23.1 Å². The number of hydrogen-bond acceptors (Lipinski definition) is 4. The van der Waals surface area contributed by atoms with Crippen LogP contribution in [0.2, 0.25) is 0 Å². The molecular weight excluding hydrogens is 348 g/mol. The van der Waals surface area contributed by atoms with Gasteiger partial charge < -0.3 is 10.2 Å². The van der Waals surface area contributed by atoms with Gasteiger partial charge in [-0.15, -0.1) is 0 Å². The number of fused-ring (bicyclic) bond motifs is 1. The molecule has 1 aliphatic heterocycles. The number of nitrogens with zero attached hydrogens (tertiary/aromatic N) is 3. The minimum Gasteiger partial charge on any atom is -0.355 e. The highest BCUT2D eigenvalue weighted by atomic mass is 16.1. The third kappa shape index (κ3) is 3.70. The zero-order chi connectivity index (χ0) is 19.7.